The topological polar surface area (TPSA) is 49.8 Å². The molecule has 5 nitrogen and oxygen atoms in total. The Kier molecular flexibility index (Phi) is 6.05. The molecule has 2 aliphatic heterocycles. The lowest BCUT2D eigenvalue weighted by Crippen LogP contribution is -2.44. The largest absolute Gasteiger partial charge is 0.771 e. The number of piperidine rings is 1. The van der Waals surface area contributed by atoms with Crippen LogP contribution in [0.25, 0.3) is 17.2 Å². The van der Waals surface area contributed by atoms with Crippen LogP contribution in [-0.2, 0) is 17.6 Å². The van der Waals surface area contributed by atoms with E-state index in [1.54, 1.807) is 6.07 Å². The van der Waals surface area contributed by atoms with Gasteiger partial charge in [-0.3, -0.25) is 9.11 Å². The molecule has 0 amide bonds. The third kappa shape index (κ3) is 4.60. The van der Waals surface area contributed by atoms with Crippen LogP contribution in [0, 0.1) is 5.82 Å². The second-order valence-corrected chi connectivity index (χ2v) is 10.1. The smallest absolute Gasteiger partial charge is 0.146 e. The number of fused-ring (bicyclic) bond motifs is 1. The molecule has 0 bridgehead atoms. The Bertz CT molecular complexity index is 1050. The summed E-state index contributed by atoms with van der Waals surface area (Å²) in [5.41, 5.74) is 5.31. The number of rotatable bonds is 6. The highest BCUT2D eigenvalue weighted by atomic mass is 32.2. The van der Waals surface area contributed by atoms with Crippen molar-refractivity contribution in [3.8, 4) is 11.1 Å². The SMILES string of the molecule is CN(c1cc(-c2ccc3c(c2)C=CN(C2CCN(CS(=O)[O-])CC2)C3)ccc1F)C1CC1. The van der Waals surface area contributed by atoms with Gasteiger partial charge in [-0.2, -0.15) is 0 Å². The molecule has 2 heterocycles. The molecule has 0 aromatic heterocycles. The molecule has 2 aromatic rings. The van der Waals surface area contributed by atoms with Gasteiger partial charge in [-0.05, 0) is 83.3 Å². The fourth-order valence-corrected chi connectivity index (χ4v) is 5.46. The highest BCUT2D eigenvalue weighted by Gasteiger charge is 2.28. The Balaban J connectivity index is 1.29. The summed E-state index contributed by atoms with van der Waals surface area (Å²) in [6.07, 6.45) is 8.57. The molecule has 32 heavy (non-hydrogen) atoms. The standard InChI is InChI=1S/C25H30FN3O2S/c1-27(22-5-6-22)25-15-19(4-7-24(25)26)18-2-3-21-16-29(13-8-20(21)14-18)23-9-11-28(12-10-23)17-32(30)31/h2-4,7-8,13-15,22-23H,5-6,9-12,16-17H2,1H3,(H,30,31)/p-1. The zero-order valence-electron chi connectivity index (χ0n) is 18.4. The van der Waals surface area contributed by atoms with Crippen molar-refractivity contribution in [2.45, 2.75) is 44.3 Å². The van der Waals surface area contributed by atoms with Gasteiger partial charge in [0.1, 0.15) is 5.82 Å². The molecule has 1 saturated heterocycles. The maximum Gasteiger partial charge on any atom is 0.146 e. The van der Waals surface area contributed by atoms with Gasteiger partial charge in [-0.25, -0.2) is 4.39 Å². The summed E-state index contributed by atoms with van der Waals surface area (Å²) in [7, 11) is 1.98. The van der Waals surface area contributed by atoms with Crippen molar-refractivity contribution in [3.63, 3.8) is 0 Å². The fraction of sp³-hybridized carbons (Fsp3) is 0.440. The predicted molar refractivity (Wildman–Crippen MR) is 126 cm³/mol. The summed E-state index contributed by atoms with van der Waals surface area (Å²) in [6, 6.07) is 12.8. The van der Waals surface area contributed by atoms with Crippen molar-refractivity contribution in [2.24, 2.45) is 0 Å². The highest BCUT2D eigenvalue weighted by Crippen LogP contribution is 2.35. The van der Waals surface area contributed by atoms with Crippen LogP contribution >= 0.6 is 0 Å². The Hall–Kier alpha value is -2.22. The molecule has 2 fully saturated rings. The van der Waals surface area contributed by atoms with Crippen molar-refractivity contribution >= 4 is 22.8 Å². The van der Waals surface area contributed by atoms with E-state index in [2.05, 4.69) is 40.3 Å². The van der Waals surface area contributed by atoms with Gasteiger partial charge < -0.3 is 14.4 Å². The molecule has 1 atom stereocenters. The van der Waals surface area contributed by atoms with Crippen LogP contribution in [0.4, 0.5) is 10.1 Å². The van der Waals surface area contributed by atoms with Gasteiger partial charge in [0.25, 0.3) is 0 Å². The minimum atomic E-state index is -2.01. The average Bonchev–Trinajstić information content (AvgIpc) is 3.64. The molecule has 5 rings (SSSR count). The van der Waals surface area contributed by atoms with E-state index in [1.807, 2.05) is 24.1 Å². The van der Waals surface area contributed by atoms with Gasteiger partial charge >= 0.3 is 0 Å². The van der Waals surface area contributed by atoms with E-state index >= 15 is 0 Å². The van der Waals surface area contributed by atoms with E-state index in [9.17, 15) is 13.2 Å². The van der Waals surface area contributed by atoms with Crippen molar-refractivity contribution in [1.29, 1.82) is 0 Å². The molecule has 1 unspecified atom stereocenters. The first-order valence-electron chi connectivity index (χ1n) is 11.4. The summed E-state index contributed by atoms with van der Waals surface area (Å²) in [6.45, 7) is 2.50. The van der Waals surface area contributed by atoms with Gasteiger partial charge in [0, 0.05) is 45.0 Å². The first kappa shape index (κ1) is 21.6. The Labute approximate surface area is 191 Å². The van der Waals surface area contributed by atoms with Gasteiger partial charge in [-0.15, -0.1) is 0 Å². The maximum absolute atomic E-state index is 14.4. The zero-order valence-corrected chi connectivity index (χ0v) is 19.2. The summed E-state index contributed by atoms with van der Waals surface area (Å²) in [5.74, 6) is -0.0281. The number of hydrogen-bond acceptors (Lipinski definition) is 5. The van der Waals surface area contributed by atoms with Crippen molar-refractivity contribution in [2.75, 3.05) is 30.9 Å². The number of benzene rings is 2. The fourth-order valence-electron chi connectivity index (χ4n) is 4.90. The van der Waals surface area contributed by atoms with Crippen LogP contribution in [0.5, 0.6) is 0 Å². The molecule has 170 valence electrons. The van der Waals surface area contributed by atoms with Crippen LogP contribution in [-0.4, -0.2) is 56.7 Å². The molecule has 0 radical (unpaired) electrons. The van der Waals surface area contributed by atoms with Crippen molar-refractivity contribution in [3.05, 3.63) is 59.5 Å². The van der Waals surface area contributed by atoms with E-state index in [1.165, 1.54) is 11.1 Å². The molecule has 0 N–H and O–H groups in total. The molecule has 2 aromatic carbocycles. The third-order valence-corrected chi connectivity index (χ3v) is 7.59. The molecule has 0 spiro atoms. The number of nitrogens with zero attached hydrogens (tertiary/aromatic N) is 3. The monoisotopic (exact) mass is 454 g/mol. The van der Waals surface area contributed by atoms with E-state index in [-0.39, 0.29) is 11.7 Å². The van der Waals surface area contributed by atoms with Crippen LogP contribution in [0.2, 0.25) is 0 Å². The molecule has 3 aliphatic rings. The number of halogens is 1. The first-order valence-corrected chi connectivity index (χ1v) is 12.6. The van der Waals surface area contributed by atoms with Crippen LogP contribution in [0.3, 0.4) is 0 Å². The Morgan fingerprint density at radius 3 is 2.53 bits per heavy atom. The van der Waals surface area contributed by atoms with Crippen molar-refractivity contribution in [1.82, 2.24) is 9.80 Å². The minimum Gasteiger partial charge on any atom is -0.771 e. The summed E-state index contributed by atoms with van der Waals surface area (Å²) >= 11 is -2.01. The van der Waals surface area contributed by atoms with Crippen molar-refractivity contribution < 1.29 is 13.2 Å². The molecular formula is C25H29FN3O2S-. The average molecular weight is 455 g/mol. The quantitative estimate of drug-likeness (QED) is 0.613. The summed E-state index contributed by atoms with van der Waals surface area (Å²) in [4.78, 5) is 6.45. The van der Waals surface area contributed by atoms with Gasteiger partial charge in [0.2, 0.25) is 0 Å². The molecular weight excluding hydrogens is 425 g/mol. The Morgan fingerprint density at radius 1 is 1.09 bits per heavy atom. The molecule has 1 aliphatic carbocycles. The zero-order chi connectivity index (χ0) is 22.2. The summed E-state index contributed by atoms with van der Waals surface area (Å²) < 4.78 is 36.3. The minimum absolute atomic E-state index is 0.135. The predicted octanol–water partition coefficient (Wildman–Crippen LogP) is 4.18. The summed E-state index contributed by atoms with van der Waals surface area (Å²) in [5, 5.41) is 0. The second kappa shape index (κ2) is 8.96. The van der Waals surface area contributed by atoms with Crippen LogP contribution in [0.15, 0.2) is 42.6 Å². The maximum atomic E-state index is 14.4. The van der Waals surface area contributed by atoms with E-state index in [0.717, 1.165) is 56.4 Å². The lowest BCUT2D eigenvalue weighted by Gasteiger charge is -2.39. The number of hydrogen-bond donors (Lipinski definition) is 0. The van der Waals surface area contributed by atoms with Crippen LogP contribution in [0.1, 0.15) is 36.8 Å². The normalized spacial score (nSPS) is 20.3. The number of anilines is 1. The van der Waals surface area contributed by atoms with E-state index in [0.29, 0.717) is 17.8 Å². The van der Waals surface area contributed by atoms with Crippen LogP contribution < -0.4 is 4.90 Å². The lowest BCUT2D eigenvalue weighted by molar-refractivity contribution is 0.149. The molecule has 1 saturated carbocycles. The number of likely N-dealkylation sites (tertiary alicyclic amines) is 1. The lowest BCUT2D eigenvalue weighted by atomic mass is 9.95. The second-order valence-electron chi connectivity index (χ2n) is 9.19. The highest BCUT2D eigenvalue weighted by molar-refractivity contribution is 7.79. The third-order valence-electron chi connectivity index (χ3n) is 7.01. The van der Waals surface area contributed by atoms with E-state index < -0.39 is 11.1 Å². The van der Waals surface area contributed by atoms with E-state index in [4.69, 9.17) is 0 Å². The van der Waals surface area contributed by atoms with Gasteiger partial charge in [0.05, 0.1) is 11.6 Å². The first-order chi connectivity index (χ1) is 15.5. The Morgan fingerprint density at radius 2 is 1.81 bits per heavy atom. The molecule has 7 heteroatoms. The van der Waals surface area contributed by atoms with Gasteiger partial charge in [0.15, 0.2) is 0 Å². The van der Waals surface area contributed by atoms with Gasteiger partial charge in [-0.1, -0.05) is 18.2 Å².